The van der Waals surface area contributed by atoms with E-state index in [9.17, 15) is 9.59 Å². The average molecular weight is 584 g/mol. The van der Waals surface area contributed by atoms with Crippen LogP contribution in [0.1, 0.15) is 43.0 Å². The van der Waals surface area contributed by atoms with E-state index in [0.717, 1.165) is 25.8 Å². The fraction of sp³-hybridized carbons (Fsp3) is 0.143. The van der Waals surface area contributed by atoms with Gasteiger partial charge in [-0.3, -0.25) is 0 Å². The highest BCUT2D eigenvalue weighted by molar-refractivity contribution is 14.1. The molecule has 0 aromatic heterocycles. The number of rotatable bonds is 8. The van der Waals surface area contributed by atoms with Crippen molar-refractivity contribution in [3.05, 3.63) is 91.5 Å². The van der Waals surface area contributed by atoms with Crippen molar-refractivity contribution in [2.45, 2.75) is 0 Å². The van der Waals surface area contributed by atoms with Gasteiger partial charge in [-0.15, -0.1) is 0 Å². The van der Waals surface area contributed by atoms with E-state index in [1.807, 2.05) is 48.6 Å². The zero-order chi connectivity index (χ0) is 25.4. The quantitative estimate of drug-likeness (QED) is 0.178. The van der Waals surface area contributed by atoms with Gasteiger partial charge in [0, 0.05) is 3.57 Å². The highest BCUT2D eigenvalue weighted by atomic mass is 127. The van der Waals surface area contributed by atoms with Gasteiger partial charge in [-0.25, -0.2) is 9.59 Å². The summed E-state index contributed by atoms with van der Waals surface area (Å²) in [6, 6.07) is 16.8. The van der Waals surface area contributed by atoms with Crippen LogP contribution in [0, 0.1) is 3.57 Å². The second-order valence-electron chi connectivity index (χ2n) is 7.35. The molecule has 35 heavy (non-hydrogen) atoms. The van der Waals surface area contributed by atoms with Crippen LogP contribution in [0.5, 0.6) is 11.5 Å². The Morgan fingerprint density at radius 3 is 1.49 bits per heavy atom. The van der Waals surface area contributed by atoms with Crippen LogP contribution in [0.4, 0.5) is 0 Å². The molecule has 0 aliphatic rings. The Morgan fingerprint density at radius 1 is 0.629 bits per heavy atom. The molecule has 0 heterocycles. The van der Waals surface area contributed by atoms with Gasteiger partial charge in [-0.05, 0) is 75.2 Å². The first-order valence-electron chi connectivity index (χ1n) is 10.6. The second-order valence-corrected chi connectivity index (χ2v) is 8.51. The summed E-state index contributed by atoms with van der Waals surface area (Å²) in [5, 5.41) is 0. The molecule has 180 valence electrons. The lowest BCUT2D eigenvalue weighted by molar-refractivity contribution is 0.0588. The van der Waals surface area contributed by atoms with Crippen molar-refractivity contribution < 1.29 is 28.5 Å². The van der Waals surface area contributed by atoms with Crippen molar-refractivity contribution in [2.24, 2.45) is 0 Å². The molecule has 0 saturated heterocycles. The summed E-state index contributed by atoms with van der Waals surface area (Å²) in [4.78, 5) is 24.0. The van der Waals surface area contributed by atoms with Gasteiger partial charge in [0.2, 0.25) is 0 Å². The highest BCUT2D eigenvalue weighted by Gasteiger charge is 2.13. The van der Waals surface area contributed by atoms with Crippen molar-refractivity contribution >= 4 is 58.8 Å². The monoisotopic (exact) mass is 584 g/mol. The molecule has 0 spiro atoms. The number of halogens is 1. The smallest absolute Gasteiger partial charge is 0.341 e. The number of carbonyl (C=O) groups is 2. The van der Waals surface area contributed by atoms with Crippen LogP contribution in [-0.2, 0) is 9.47 Å². The molecule has 0 aliphatic heterocycles. The van der Waals surface area contributed by atoms with Crippen LogP contribution in [0.25, 0.3) is 24.3 Å². The molecule has 0 atom stereocenters. The first-order chi connectivity index (χ1) is 16.9. The molecule has 6 nitrogen and oxygen atoms in total. The molecule has 0 fully saturated rings. The first-order valence-corrected chi connectivity index (χ1v) is 11.7. The molecular weight excluding hydrogens is 559 g/mol. The highest BCUT2D eigenvalue weighted by Crippen LogP contribution is 2.25. The van der Waals surface area contributed by atoms with Crippen LogP contribution in [0.15, 0.2) is 54.6 Å². The van der Waals surface area contributed by atoms with Crippen LogP contribution in [-0.4, -0.2) is 40.4 Å². The lowest BCUT2D eigenvalue weighted by Crippen LogP contribution is -2.04. The minimum absolute atomic E-state index is 0.376. The van der Waals surface area contributed by atoms with E-state index < -0.39 is 11.9 Å². The fourth-order valence-corrected chi connectivity index (χ4v) is 4.08. The Kier molecular flexibility index (Phi) is 9.08. The number of hydrogen-bond donors (Lipinski definition) is 0. The predicted octanol–water partition coefficient (Wildman–Crippen LogP) is 6.22. The second kappa shape index (κ2) is 12.2. The molecule has 0 saturated carbocycles. The summed E-state index contributed by atoms with van der Waals surface area (Å²) >= 11 is 2.29. The summed E-state index contributed by atoms with van der Waals surface area (Å²) in [6.07, 6.45) is 7.83. The lowest BCUT2D eigenvalue weighted by Gasteiger charge is -2.08. The van der Waals surface area contributed by atoms with Gasteiger partial charge in [-0.2, -0.15) is 0 Å². The first kappa shape index (κ1) is 26.0. The topological polar surface area (TPSA) is 71.1 Å². The summed E-state index contributed by atoms with van der Waals surface area (Å²) in [5.74, 6) is 0.0438. The number of carbonyl (C=O) groups excluding carboxylic acids is 2. The lowest BCUT2D eigenvalue weighted by atomic mass is 10.1. The number of hydrogen-bond acceptors (Lipinski definition) is 6. The largest absolute Gasteiger partial charge is 0.496 e. The number of methoxy groups -OCH3 is 4. The number of benzene rings is 3. The Balaban J connectivity index is 1.80. The maximum atomic E-state index is 12.0. The van der Waals surface area contributed by atoms with Gasteiger partial charge in [0.05, 0.1) is 28.4 Å². The van der Waals surface area contributed by atoms with E-state index in [2.05, 4.69) is 28.7 Å². The van der Waals surface area contributed by atoms with Crippen LogP contribution >= 0.6 is 22.6 Å². The third-order valence-electron chi connectivity index (χ3n) is 5.21. The molecule has 7 heteroatoms. The van der Waals surface area contributed by atoms with Gasteiger partial charge >= 0.3 is 11.9 Å². The third kappa shape index (κ3) is 6.51. The SMILES string of the molecule is COC(=O)c1cc(/C=C/c2ccc(/C=C/c3ccc(OC)c(C(=O)OC)c3)c(I)c2)ccc1OC. The van der Waals surface area contributed by atoms with Crippen LogP contribution < -0.4 is 9.47 Å². The molecule has 3 rings (SSSR count). The van der Waals surface area contributed by atoms with E-state index in [1.165, 1.54) is 28.4 Å². The zero-order valence-corrected chi connectivity index (χ0v) is 22.0. The van der Waals surface area contributed by atoms with Crippen molar-refractivity contribution in [2.75, 3.05) is 28.4 Å². The number of ether oxygens (including phenoxy) is 4. The molecule has 0 unspecified atom stereocenters. The minimum atomic E-state index is -0.446. The normalized spacial score (nSPS) is 11.0. The minimum Gasteiger partial charge on any atom is -0.496 e. The van der Waals surface area contributed by atoms with Crippen molar-refractivity contribution in [1.82, 2.24) is 0 Å². The van der Waals surface area contributed by atoms with Gasteiger partial charge < -0.3 is 18.9 Å². The van der Waals surface area contributed by atoms with E-state index in [1.54, 1.807) is 24.3 Å². The van der Waals surface area contributed by atoms with Gasteiger partial charge in [0.25, 0.3) is 0 Å². The molecule has 0 radical (unpaired) electrons. The molecule has 0 aliphatic carbocycles. The van der Waals surface area contributed by atoms with E-state index in [4.69, 9.17) is 18.9 Å². The predicted molar refractivity (Wildman–Crippen MR) is 146 cm³/mol. The standard InChI is InChI=1S/C28H25IO6/c1-32-25-13-9-18(15-22(25)27(30)34-3)5-6-20-8-12-21(24(29)17-20)11-7-19-10-14-26(33-2)23(16-19)28(31)35-4/h5-17H,1-4H3/b6-5+,11-7+. The van der Waals surface area contributed by atoms with Crippen LogP contribution in [0.2, 0.25) is 0 Å². The van der Waals surface area contributed by atoms with Gasteiger partial charge in [-0.1, -0.05) is 48.6 Å². The van der Waals surface area contributed by atoms with Crippen molar-refractivity contribution in [3.8, 4) is 11.5 Å². The van der Waals surface area contributed by atoms with E-state index in [-0.39, 0.29) is 0 Å². The van der Waals surface area contributed by atoms with Gasteiger partial charge in [0.1, 0.15) is 22.6 Å². The maximum Gasteiger partial charge on any atom is 0.341 e. The number of esters is 2. The molecule has 0 bridgehead atoms. The molecule has 3 aromatic rings. The molecular formula is C28H25IO6. The Bertz CT molecular complexity index is 1290. The summed E-state index contributed by atoms with van der Waals surface area (Å²) in [7, 11) is 5.72. The van der Waals surface area contributed by atoms with Crippen molar-refractivity contribution in [3.63, 3.8) is 0 Å². The third-order valence-corrected chi connectivity index (χ3v) is 6.14. The summed E-state index contributed by atoms with van der Waals surface area (Å²) in [6.45, 7) is 0. The average Bonchev–Trinajstić information content (AvgIpc) is 2.90. The van der Waals surface area contributed by atoms with Crippen LogP contribution in [0.3, 0.4) is 0 Å². The summed E-state index contributed by atoms with van der Waals surface area (Å²) in [5.41, 5.74) is 4.51. The molecule has 0 amide bonds. The molecule has 3 aromatic carbocycles. The zero-order valence-electron chi connectivity index (χ0n) is 19.8. The maximum absolute atomic E-state index is 12.0. The van der Waals surface area contributed by atoms with E-state index in [0.29, 0.717) is 22.6 Å². The van der Waals surface area contributed by atoms with Gasteiger partial charge in [0.15, 0.2) is 0 Å². The molecule has 0 N–H and O–H groups in total. The Hall–Kier alpha value is -3.59. The van der Waals surface area contributed by atoms with Crippen molar-refractivity contribution in [1.29, 1.82) is 0 Å². The summed E-state index contributed by atoms with van der Waals surface area (Å²) < 4.78 is 21.2. The Labute approximate surface area is 218 Å². The Morgan fingerprint density at radius 2 is 1.06 bits per heavy atom. The van der Waals surface area contributed by atoms with E-state index >= 15 is 0 Å². The fourth-order valence-electron chi connectivity index (χ4n) is 3.36.